The van der Waals surface area contributed by atoms with E-state index in [-0.39, 0.29) is 18.1 Å². The smallest absolute Gasteiger partial charge is 0.297 e. The Bertz CT molecular complexity index is 1050. The molecule has 0 aliphatic carbocycles. The average Bonchev–Trinajstić information content (AvgIpc) is 3.06. The fourth-order valence-electron chi connectivity index (χ4n) is 3.64. The second kappa shape index (κ2) is 28.0. The highest BCUT2D eigenvalue weighted by atomic mass is 32.2. The monoisotopic (exact) mass is 672 g/mol. The molecule has 0 atom stereocenters. The van der Waals surface area contributed by atoms with Gasteiger partial charge < -0.3 is 42.6 Å². The molecule has 0 N–H and O–H groups in total. The van der Waals surface area contributed by atoms with Gasteiger partial charge in [-0.15, -0.1) is 0 Å². The van der Waals surface area contributed by atoms with Crippen LogP contribution in [0.15, 0.2) is 59.5 Å². The van der Waals surface area contributed by atoms with Crippen molar-refractivity contribution in [3.8, 4) is 0 Å². The number of hydrogen-bond acceptors (Lipinski definition) is 12. The lowest BCUT2D eigenvalue weighted by Crippen LogP contribution is -2.15. The van der Waals surface area contributed by atoms with Crippen LogP contribution in [0.25, 0.3) is 0 Å². The van der Waals surface area contributed by atoms with Crippen LogP contribution in [-0.2, 0) is 63.5 Å². The van der Waals surface area contributed by atoms with E-state index in [1.165, 1.54) is 17.7 Å². The first-order valence-electron chi connectivity index (χ1n) is 15.8. The molecule has 46 heavy (non-hydrogen) atoms. The van der Waals surface area contributed by atoms with Gasteiger partial charge in [-0.1, -0.05) is 48.0 Å². The van der Waals surface area contributed by atoms with Crippen LogP contribution in [0.4, 0.5) is 0 Å². The van der Waals surface area contributed by atoms with Crippen LogP contribution in [0, 0.1) is 6.92 Å². The zero-order valence-corrected chi connectivity index (χ0v) is 28.0. The van der Waals surface area contributed by atoms with Gasteiger partial charge in [0.2, 0.25) is 0 Å². The van der Waals surface area contributed by atoms with Gasteiger partial charge in [-0.3, -0.25) is 4.18 Å². The summed E-state index contributed by atoms with van der Waals surface area (Å²) in [4.78, 5) is 0.130. The van der Waals surface area contributed by atoms with E-state index >= 15 is 0 Å². The van der Waals surface area contributed by atoms with Crippen LogP contribution in [-0.4, -0.2) is 127 Å². The van der Waals surface area contributed by atoms with Gasteiger partial charge in [-0.2, -0.15) is 8.42 Å². The summed E-state index contributed by atoms with van der Waals surface area (Å²) in [5.41, 5.74) is 2.15. The topological polar surface area (TPSA) is 126 Å². The van der Waals surface area contributed by atoms with Crippen molar-refractivity contribution in [2.24, 2.45) is 0 Å². The maximum absolute atomic E-state index is 12.1. The Hall–Kier alpha value is -2.01. The van der Waals surface area contributed by atoms with E-state index in [1.807, 2.05) is 25.1 Å². The highest BCUT2D eigenvalue weighted by molar-refractivity contribution is 7.86. The Balaban J connectivity index is 1.18. The second-order valence-electron chi connectivity index (χ2n) is 9.88. The summed E-state index contributed by atoms with van der Waals surface area (Å²) in [5.74, 6) is 0. The molecule has 2 rings (SSSR count). The maximum Gasteiger partial charge on any atom is 0.297 e. The predicted molar refractivity (Wildman–Crippen MR) is 172 cm³/mol. The van der Waals surface area contributed by atoms with Crippen molar-refractivity contribution >= 4 is 10.1 Å². The molecular weight excluding hydrogens is 620 g/mol. The number of rotatable bonds is 32. The normalized spacial score (nSPS) is 11.8. The first kappa shape index (κ1) is 40.2. The minimum Gasteiger partial charge on any atom is -0.379 e. The SMILES string of the molecule is Cc1ccc(S(=O)(=O)OCCOCCOCCOCCOCCOCCOCCOCCOCCCOCc2ccccc2)cc1. The van der Waals surface area contributed by atoms with Gasteiger partial charge in [0.15, 0.2) is 0 Å². The summed E-state index contributed by atoms with van der Waals surface area (Å²) in [5, 5.41) is 0. The first-order chi connectivity index (χ1) is 22.6. The van der Waals surface area contributed by atoms with E-state index in [1.54, 1.807) is 12.1 Å². The zero-order chi connectivity index (χ0) is 32.8. The maximum atomic E-state index is 12.1. The van der Waals surface area contributed by atoms with Crippen molar-refractivity contribution in [2.45, 2.75) is 24.8 Å². The van der Waals surface area contributed by atoms with Crippen molar-refractivity contribution in [2.75, 3.05) is 119 Å². The lowest BCUT2D eigenvalue weighted by Gasteiger charge is -2.09. The molecule has 0 aliphatic rings. The van der Waals surface area contributed by atoms with Gasteiger partial charge in [0.05, 0.1) is 117 Å². The molecule has 12 nitrogen and oxygen atoms in total. The van der Waals surface area contributed by atoms with Crippen LogP contribution in [0.1, 0.15) is 17.5 Å². The molecule has 0 fully saturated rings. The van der Waals surface area contributed by atoms with Crippen molar-refractivity contribution in [3.63, 3.8) is 0 Å². The third kappa shape index (κ3) is 22.5. The van der Waals surface area contributed by atoms with E-state index in [0.29, 0.717) is 112 Å². The minimum atomic E-state index is -3.77. The van der Waals surface area contributed by atoms with Gasteiger partial charge in [-0.25, -0.2) is 0 Å². The summed E-state index contributed by atoms with van der Waals surface area (Å²) >= 11 is 0. The first-order valence-corrected chi connectivity index (χ1v) is 17.2. The molecule has 0 heterocycles. The van der Waals surface area contributed by atoms with Crippen molar-refractivity contribution in [1.29, 1.82) is 0 Å². The van der Waals surface area contributed by atoms with Gasteiger partial charge >= 0.3 is 0 Å². The molecule has 0 unspecified atom stereocenters. The molecule has 0 radical (unpaired) electrons. The molecule has 0 aromatic heterocycles. The van der Waals surface area contributed by atoms with Crippen LogP contribution in [0.2, 0.25) is 0 Å². The van der Waals surface area contributed by atoms with Crippen molar-refractivity contribution < 1.29 is 55.2 Å². The Kier molecular flexibility index (Phi) is 24.5. The molecule has 0 saturated carbocycles. The lowest BCUT2D eigenvalue weighted by atomic mass is 10.2. The molecule has 0 saturated heterocycles. The Morgan fingerprint density at radius 3 is 1.24 bits per heavy atom. The lowest BCUT2D eigenvalue weighted by molar-refractivity contribution is -0.0240. The summed E-state index contributed by atoms with van der Waals surface area (Å²) in [6.45, 7) is 10.5. The zero-order valence-electron chi connectivity index (χ0n) is 27.1. The number of aryl methyl sites for hydroxylation is 1. The van der Waals surface area contributed by atoms with Crippen LogP contribution >= 0.6 is 0 Å². The molecule has 2 aromatic carbocycles. The van der Waals surface area contributed by atoms with Gasteiger partial charge in [0, 0.05) is 13.2 Å². The van der Waals surface area contributed by atoms with E-state index in [4.69, 9.17) is 46.8 Å². The van der Waals surface area contributed by atoms with Gasteiger partial charge in [0.25, 0.3) is 10.1 Å². The third-order valence-corrected chi connectivity index (χ3v) is 7.40. The quantitative estimate of drug-likeness (QED) is 0.0835. The van der Waals surface area contributed by atoms with Gasteiger partial charge in [-0.05, 0) is 31.0 Å². The van der Waals surface area contributed by atoms with E-state index in [2.05, 4.69) is 12.1 Å². The Morgan fingerprint density at radius 2 is 0.804 bits per heavy atom. The number of hydrogen-bond donors (Lipinski definition) is 0. The standard InChI is InChI=1S/C33H52O12S/c1-31-8-10-33(11-9-31)46(34,35)45-29-28-43-27-26-42-25-24-41-23-22-40-21-20-39-19-18-38-17-16-37-15-14-36-12-5-13-44-30-32-6-3-2-4-7-32/h2-4,6-11H,5,12-30H2,1H3. The van der Waals surface area contributed by atoms with Gasteiger partial charge in [0.1, 0.15) is 0 Å². The van der Waals surface area contributed by atoms with Crippen molar-refractivity contribution in [3.05, 3.63) is 65.7 Å². The molecule has 0 bridgehead atoms. The summed E-state index contributed by atoms with van der Waals surface area (Å²) in [6.07, 6.45) is 0.858. The van der Waals surface area contributed by atoms with Crippen LogP contribution < -0.4 is 0 Å². The predicted octanol–water partition coefficient (Wildman–Crippen LogP) is 3.44. The largest absolute Gasteiger partial charge is 0.379 e. The summed E-state index contributed by atoms with van der Waals surface area (Å²) < 4.78 is 78.4. The molecule has 0 spiro atoms. The van der Waals surface area contributed by atoms with Crippen LogP contribution in [0.3, 0.4) is 0 Å². The fourth-order valence-corrected chi connectivity index (χ4v) is 4.54. The molecular formula is C33H52O12S. The number of ether oxygens (including phenoxy) is 9. The van der Waals surface area contributed by atoms with E-state index in [0.717, 1.165) is 12.0 Å². The summed E-state index contributed by atoms with van der Waals surface area (Å²) in [7, 11) is -3.77. The second-order valence-corrected chi connectivity index (χ2v) is 11.5. The molecule has 0 aliphatic heterocycles. The molecule has 262 valence electrons. The fraction of sp³-hybridized carbons (Fsp3) is 0.636. The van der Waals surface area contributed by atoms with Crippen molar-refractivity contribution in [1.82, 2.24) is 0 Å². The highest BCUT2D eigenvalue weighted by Crippen LogP contribution is 2.13. The van der Waals surface area contributed by atoms with E-state index < -0.39 is 10.1 Å². The Morgan fingerprint density at radius 1 is 0.435 bits per heavy atom. The highest BCUT2D eigenvalue weighted by Gasteiger charge is 2.14. The Labute approximate surface area is 274 Å². The van der Waals surface area contributed by atoms with E-state index in [9.17, 15) is 8.42 Å². The molecule has 0 amide bonds. The third-order valence-electron chi connectivity index (χ3n) is 6.07. The average molecular weight is 673 g/mol. The number of benzene rings is 2. The van der Waals surface area contributed by atoms with Crippen LogP contribution in [0.5, 0.6) is 0 Å². The summed E-state index contributed by atoms with van der Waals surface area (Å²) in [6, 6.07) is 16.6. The minimum absolute atomic E-state index is 0.0567. The molecule has 13 heteroatoms. The molecule has 2 aromatic rings.